The monoisotopic (exact) mass is 842 g/mol. The van der Waals surface area contributed by atoms with Crippen LogP contribution in [0.2, 0.25) is 0 Å². The van der Waals surface area contributed by atoms with Crippen LogP contribution in [0.5, 0.6) is 0 Å². The zero-order valence-corrected chi connectivity index (χ0v) is 35.3. The van der Waals surface area contributed by atoms with Gasteiger partial charge in [0.1, 0.15) is 44.7 Å². The van der Waals surface area contributed by atoms with E-state index in [4.69, 9.17) is 17.7 Å². The zero-order chi connectivity index (χ0) is 43.0. The molecule has 0 aliphatic heterocycles. The first-order chi connectivity index (χ1) is 32.7. The predicted octanol–water partition coefficient (Wildman–Crippen LogP) is 18.3. The molecule has 0 bridgehead atoms. The van der Waals surface area contributed by atoms with Crippen LogP contribution >= 0.6 is 0 Å². The van der Waals surface area contributed by atoms with Gasteiger partial charge in [0.2, 0.25) is 0 Å². The Morgan fingerprint density at radius 1 is 0.212 bits per heavy atom. The SMILES string of the molecule is c1ccc2c(c1)oc1ccc(-c3ccc(-c4c5ccccc5c(-c5ccc(-c6cccc7oc8ccccc8c67)c6oc7ccccc7c56)c5ccccc45)c4c3oc3ccccc34)cc12. The molecule has 0 saturated heterocycles. The Hall–Kier alpha value is -8.86. The average molecular weight is 843 g/mol. The summed E-state index contributed by atoms with van der Waals surface area (Å²) in [6.07, 6.45) is 0. The molecule has 0 atom stereocenters. The maximum atomic E-state index is 6.98. The van der Waals surface area contributed by atoms with Crippen molar-refractivity contribution in [3.05, 3.63) is 206 Å². The zero-order valence-electron chi connectivity index (χ0n) is 35.3. The lowest BCUT2D eigenvalue weighted by Crippen LogP contribution is -1.93. The van der Waals surface area contributed by atoms with Crippen LogP contribution < -0.4 is 0 Å². The van der Waals surface area contributed by atoms with Gasteiger partial charge in [0, 0.05) is 54.2 Å². The maximum Gasteiger partial charge on any atom is 0.143 e. The molecule has 0 amide bonds. The number of para-hydroxylation sites is 4. The van der Waals surface area contributed by atoms with Gasteiger partial charge in [-0.25, -0.2) is 0 Å². The number of benzene rings is 11. The van der Waals surface area contributed by atoms with E-state index in [0.717, 1.165) is 143 Å². The van der Waals surface area contributed by atoms with Gasteiger partial charge >= 0.3 is 0 Å². The average Bonchev–Trinajstić information content (AvgIpc) is 4.16. The van der Waals surface area contributed by atoms with Gasteiger partial charge in [-0.15, -0.1) is 0 Å². The summed E-state index contributed by atoms with van der Waals surface area (Å²) < 4.78 is 26.5. The fourth-order valence-corrected chi connectivity index (χ4v) is 11.1. The third kappa shape index (κ3) is 4.87. The molecule has 0 aliphatic carbocycles. The number of hydrogen-bond acceptors (Lipinski definition) is 4. The van der Waals surface area contributed by atoms with Gasteiger partial charge in [0.25, 0.3) is 0 Å². The largest absolute Gasteiger partial charge is 0.456 e. The first-order valence-electron chi connectivity index (χ1n) is 22.4. The Kier molecular flexibility index (Phi) is 7.19. The lowest BCUT2D eigenvalue weighted by atomic mass is 9.83. The van der Waals surface area contributed by atoms with Crippen LogP contribution in [-0.2, 0) is 0 Å². The smallest absolute Gasteiger partial charge is 0.143 e. The highest BCUT2D eigenvalue weighted by Crippen LogP contribution is 2.52. The van der Waals surface area contributed by atoms with Crippen molar-refractivity contribution in [3.63, 3.8) is 0 Å². The molecule has 0 aliphatic rings. The summed E-state index contributed by atoms with van der Waals surface area (Å²) >= 11 is 0. The minimum Gasteiger partial charge on any atom is -0.456 e. The summed E-state index contributed by atoms with van der Waals surface area (Å²) in [7, 11) is 0. The molecule has 11 aromatic carbocycles. The van der Waals surface area contributed by atoms with E-state index < -0.39 is 0 Å². The number of hydrogen-bond donors (Lipinski definition) is 0. The molecule has 0 N–H and O–H groups in total. The standard InChI is InChI=1S/C62H34O4/c1-3-17-40-38(15-1)56(47-31-29-36(61-59(47)45-20-7-11-25-52(45)65-61)35-28-33-54-49(34-35)37-14-5-9-23-50(37)63-54)39-16-2-4-18-41(39)57(40)48-32-30-43(62-60(48)46-21-8-12-26-53(46)66-62)42-22-13-27-55-58(42)44-19-6-10-24-51(44)64-55/h1-34H. The van der Waals surface area contributed by atoms with Gasteiger partial charge < -0.3 is 17.7 Å². The van der Waals surface area contributed by atoms with Gasteiger partial charge in [0.15, 0.2) is 0 Å². The van der Waals surface area contributed by atoms with E-state index in [-0.39, 0.29) is 0 Å². The second-order valence-corrected chi connectivity index (χ2v) is 17.4. The number of fused-ring (bicyclic) bond motifs is 14. The molecular weight excluding hydrogens is 809 g/mol. The molecule has 4 heterocycles. The van der Waals surface area contributed by atoms with Crippen LogP contribution in [0, 0.1) is 0 Å². The van der Waals surface area contributed by atoms with E-state index in [1.54, 1.807) is 0 Å². The fraction of sp³-hybridized carbons (Fsp3) is 0. The van der Waals surface area contributed by atoms with Crippen molar-refractivity contribution >= 4 is 109 Å². The second kappa shape index (κ2) is 13.3. The second-order valence-electron chi connectivity index (χ2n) is 17.4. The van der Waals surface area contributed by atoms with Crippen molar-refractivity contribution in [2.45, 2.75) is 0 Å². The molecule has 0 radical (unpaired) electrons. The van der Waals surface area contributed by atoms with Gasteiger partial charge in [-0.1, -0.05) is 152 Å². The number of furan rings is 4. The Bertz CT molecular complexity index is 4480. The molecule has 15 rings (SSSR count). The minimum atomic E-state index is 0.852. The molecule has 66 heavy (non-hydrogen) atoms. The molecule has 4 nitrogen and oxygen atoms in total. The maximum absolute atomic E-state index is 6.98. The van der Waals surface area contributed by atoms with Crippen molar-refractivity contribution in [1.82, 2.24) is 0 Å². The third-order valence-electron chi connectivity index (χ3n) is 13.9. The van der Waals surface area contributed by atoms with E-state index in [1.807, 2.05) is 24.3 Å². The van der Waals surface area contributed by atoms with Crippen molar-refractivity contribution in [2.75, 3.05) is 0 Å². The van der Waals surface area contributed by atoms with Gasteiger partial charge in [-0.3, -0.25) is 0 Å². The third-order valence-corrected chi connectivity index (χ3v) is 13.9. The number of rotatable bonds is 4. The summed E-state index contributed by atoms with van der Waals surface area (Å²) in [5.41, 5.74) is 15.7. The van der Waals surface area contributed by atoms with Crippen LogP contribution in [0.3, 0.4) is 0 Å². The molecule has 306 valence electrons. The minimum absolute atomic E-state index is 0.852. The molecule has 0 saturated carbocycles. The summed E-state index contributed by atoms with van der Waals surface area (Å²) in [4.78, 5) is 0. The van der Waals surface area contributed by atoms with Crippen LogP contribution in [0.1, 0.15) is 0 Å². The first kappa shape index (κ1) is 35.6. The van der Waals surface area contributed by atoms with E-state index in [1.165, 1.54) is 11.1 Å². The van der Waals surface area contributed by atoms with Crippen molar-refractivity contribution in [3.8, 4) is 44.5 Å². The Morgan fingerprint density at radius 3 is 1.18 bits per heavy atom. The molecule has 4 aromatic heterocycles. The normalized spacial score (nSPS) is 12.2. The Balaban J connectivity index is 1.02. The summed E-state index contributed by atoms with van der Waals surface area (Å²) in [5.74, 6) is 0. The van der Waals surface area contributed by atoms with Crippen molar-refractivity contribution in [2.24, 2.45) is 0 Å². The van der Waals surface area contributed by atoms with Crippen molar-refractivity contribution < 1.29 is 17.7 Å². The Morgan fingerprint density at radius 2 is 0.606 bits per heavy atom. The predicted molar refractivity (Wildman–Crippen MR) is 272 cm³/mol. The molecular formula is C62H34O4. The lowest BCUT2D eigenvalue weighted by molar-refractivity contribution is 0.668. The Labute approximate surface area is 376 Å². The fourth-order valence-electron chi connectivity index (χ4n) is 11.1. The van der Waals surface area contributed by atoms with Crippen LogP contribution in [0.25, 0.3) is 154 Å². The highest BCUT2D eigenvalue weighted by molar-refractivity contribution is 6.30. The van der Waals surface area contributed by atoms with Crippen LogP contribution in [0.15, 0.2) is 224 Å². The quantitative estimate of drug-likeness (QED) is 0.166. The highest BCUT2D eigenvalue weighted by Gasteiger charge is 2.26. The van der Waals surface area contributed by atoms with E-state index in [0.29, 0.717) is 0 Å². The van der Waals surface area contributed by atoms with E-state index in [9.17, 15) is 0 Å². The van der Waals surface area contributed by atoms with E-state index >= 15 is 0 Å². The molecule has 4 heteroatoms. The van der Waals surface area contributed by atoms with Crippen molar-refractivity contribution in [1.29, 1.82) is 0 Å². The summed E-state index contributed by atoms with van der Waals surface area (Å²) in [6.45, 7) is 0. The van der Waals surface area contributed by atoms with Gasteiger partial charge in [-0.2, -0.15) is 0 Å². The van der Waals surface area contributed by atoms with Crippen LogP contribution in [0.4, 0.5) is 0 Å². The van der Waals surface area contributed by atoms with Gasteiger partial charge in [0.05, 0.1) is 0 Å². The van der Waals surface area contributed by atoms with E-state index in [2.05, 4.69) is 182 Å². The first-order valence-corrected chi connectivity index (χ1v) is 22.4. The molecule has 15 aromatic rings. The highest BCUT2D eigenvalue weighted by atomic mass is 16.3. The molecule has 0 fully saturated rings. The molecule has 0 unspecified atom stereocenters. The summed E-state index contributed by atoms with van der Waals surface area (Å²) in [6, 6.07) is 73.1. The topological polar surface area (TPSA) is 52.6 Å². The van der Waals surface area contributed by atoms with Crippen LogP contribution in [-0.4, -0.2) is 0 Å². The molecule has 0 spiro atoms. The lowest BCUT2D eigenvalue weighted by Gasteiger charge is -2.19. The van der Waals surface area contributed by atoms with Gasteiger partial charge in [-0.05, 0) is 110 Å². The summed E-state index contributed by atoms with van der Waals surface area (Å²) in [5, 5.41) is 13.4.